The molecular weight excluding hydrogens is 751 g/mol. The molecule has 3 heteroatoms. The second kappa shape index (κ2) is 14.3. The predicted molar refractivity (Wildman–Crippen MR) is 257 cm³/mol. The molecular formula is C59H39N3. The van der Waals surface area contributed by atoms with E-state index in [4.69, 9.17) is 15.0 Å². The van der Waals surface area contributed by atoms with Crippen LogP contribution in [0.5, 0.6) is 0 Å². The van der Waals surface area contributed by atoms with Gasteiger partial charge in [-0.1, -0.05) is 200 Å². The molecule has 1 unspecified atom stereocenters. The van der Waals surface area contributed by atoms with Gasteiger partial charge in [-0.3, -0.25) is 0 Å². The van der Waals surface area contributed by atoms with Crippen LogP contribution in [0, 0.1) is 0 Å². The van der Waals surface area contributed by atoms with Crippen molar-refractivity contribution < 1.29 is 0 Å². The topological polar surface area (TPSA) is 38.7 Å². The minimum absolute atomic E-state index is 0.347. The van der Waals surface area contributed by atoms with Crippen LogP contribution < -0.4 is 0 Å². The SMILES string of the molecule is CC1(c2ccccc2)c2ccccc2-c2ccc(-c3nc(-c4ccc(-c5c6ccccc6cc6c5ccc5ccccc56)cc4)nc(-c4cccc(-c5ccccc5)c4)n3)cc21. The van der Waals surface area contributed by atoms with Crippen LogP contribution >= 0.6 is 0 Å². The van der Waals surface area contributed by atoms with E-state index < -0.39 is 0 Å². The maximum absolute atomic E-state index is 5.29. The molecule has 1 heterocycles. The van der Waals surface area contributed by atoms with Crippen LogP contribution in [0.2, 0.25) is 0 Å². The van der Waals surface area contributed by atoms with E-state index >= 15 is 0 Å². The van der Waals surface area contributed by atoms with Crippen LogP contribution in [-0.2, 0) is 5.41 Å². The Balaban J connectivity index is 1.03. The number of fused-ring (bicyclic) bond motifs is 7. The summed E-state index contributed by atoms with van der Waals surface area (Å²) in [5.74, 6) is 1.90. The van der Waals surface area contributed by atoms with Crippen molar-refractivity contribution in [2.24, 2.45) is 0 Å². The number of hydrogen-bond donors (Lipinski definition) is 0. The molecule has 1 aliphatic rings. The maximum atomic E-state index is 5.29. The van der Waals surface area contributed by atoms with Crippen LogP contribution in [-0.4, -0.2) is 15.0 Å². The van der Waals surface area contributed by atoms with Crippen LogP contribution in [0.15, 0.2) is 218 Å². The van der Waals surface area contributed by atoms with Gasteiger partial charge in [0.2, 0.25) is 0 Å². The van der Waals surface area contributed by atoms with E-state index in [1.165, 1.54) is 65.7 Å². The third-order valence-electron chi connectivity index (χ3n) is 13.0. The standard InChI is InChI=1S/C59H39N3/c1-59(46-21-6-3-7-22-46)53-26-13-12-25-49(53)50-33-32-45(37-54(50)59)58-61-56(60-57(62-58)44-20-14-19-42(35-44)38-15-4-2-5-16-38)41-29-27-40(28-30-41)55-48-24-11-9-18-43(48)36-52-47-23-10-8-17-39(47)31-34-51(52)55/h2-37H,1H3. The van der Waals surface area contributed by atoms with Gasteiger partial charge < -0.3 is 0 Å². The second-order valence-corrected chi connectivity index (χ2v) is 16.5. The Labute approximate surface area is 360 Å². The molecule has 0 saturated carbocycles. The zero-order valence-corrected chi connectivity index (χ0v) is 34.1. The Bertz CT molecular complexity index is 3520. The summed E-state index contributed by atoms with van der Waals surface area (Å²) in [5, 5.41) is 7.44. The van der Waals surface area contributed by atoms with Gasteiger partial charge in [0.15, 0.2) is 17.5 Å². The monoisotopic (exact) mass is 789 g/mol. The first kappa shape index (κ1) is 35.9. The van der Waals surface area contributed by atoms with E-state index in [2.05, 4.69) is 219 Å². The lowest BCUT2D eigenvalue weighted by Crippen LogP contribution is -2.22. The molecule has 1 aliphatic carbocycles. The van der Waals surface area contributed by atoms with Gasteiger partial charge in [0, 0.05) is 22.1 Å². The molecule has 290 valence electrons. The summed E-state index contributed by atoms with van der Waals surface area (Å²) in [7, 11) is 0. The molecule has 10 aromatic carbocycles. The van der Waals surface area contributed by atoms with Gasteiger partial charge in [0.25, 0.3) is 0 Å². The van der Waals surface area contributed by atoms with E-state index in [1.807, 2.05) is 6.07 Å². The Morgan fingerprint density at radius 2 is 0.871 bits per heavy atom. The molecule has 0 bridgehead atoms. The smallest absolute Gasteiger partial charge is 0.164 e. The number of benzene rings is 10. The summed E-state index contributed by atoms with van der Waals surface area (Å²) < 4.78 is 0. The summed E-state index contributed by atoms with van der Waals surface area (Å²) in [6, 6.07) is 78.4. The van der Waals surface area contributed by atoms with Gasteiger partial charge in [-0.2, -0.15) is 0 Å². The highest BCUT2D eigenvalue weighted by Gasteiger charge is 2.40. The second-order valence-electron chi connectivity index (χ2n) is 16.5. The van der Waals surface area contributed by atoms with Crippen molar-refractivity contribution in [1.29, 1.82) is 0 Å². The molecule has 0 radical (unpaired) electrons. The van der Waals surface area contributed by atoms with E-state index in [0.29, 0.717) is 17.5 Å². The molecule has 0 aliphatic heterocycles. The van der Waals surface area contributed by atoms with E-state index in [0.717, 1.165) is 33.4 Å². The van der Waals surface area contributed by atoms with Crippen molar-refractivity contribution in [2.75, 3.05) is 0 Å². The van der Waals surface area contributed by atoms with Crippen LogP contribution in [0.25, 0.3) is 99.9 Å². The lowest BCUT2D eigenvalue weighted by atomic mass is 9.74. The quantitative estimate of drug-likeness (QED) is 0.124. The zero-order valence-electron chi connectivity index (χ0n) is 34.1. The van der Waals surface area contributed by atoms with Gasteiger partial charge in [-0.05, 0) is 108 Å². The summed E-state index contributed by atoms with van der Waals surface area (Å²) in [6.07, 6.45) is 0. The van der Waals surface area contributed by atoms with Gasteiger partial charge >= 0.3 is 0 Å². The Morgan fingerprint density at radius 3 is 1.66 bits per heavy atom. The lowest BCUT2D eigenvalue weighted by molar-refractivity contribution is 0.714. The van der Waals surface area contributed by atoms with Gasteiger partial charge in [0.1, 0.15) is 0 Å². The van der Waals surface area contributed by atoms with Gasteiger partial charge in [0.05, 0.1) is 0 Å². The van der Waals surface area contributed by atoms with Crippen molar-refractivity contribution >= 4 is 32.3 Å². The first-order valence-electron chi connectivity index (χ1n) is 21.3. The van der Waals surface area contributed by atoms with Crippen molar-refractivity contribution in [3.05, 3.63) is 235 Å². The molecule has 0 saturated heterocycles. The number of aromatic nitrogens is 3. The maximum Gasteiger partial charge on any atom is 0.164 e. The highest BCUT2D eigenvalue weighted by Crippen LogP contribution is 2.53. The highest BCUT2D eigenvalue weighted by atomic mass is 15.0. The summed E-state index contributed by atoms with van der Waals surface area (Å²) >= 11 is 0. The first-order chi connectivity index (χ1) is 30.6. The average molecular weight is 790 g/mol. The minimum Gasteiger partial charge on any atom is -0.208 e. The molecule has 1 atom stereocenters. The normalized spacial score (nSPS) is 14.3. The molecule has 12 rings (SSSR count). The summed E-state index contributed by atoms with van der Waals surface area (Å²) in [4.78, 5) is 15.8. The van der Waals surface area contributed by atoms with Crippen molar-refractivity contribution in [1.82, 2.24) is 15.0 Å². The summed E-state index contributed by atoms with van der Waals surface area (Å²) in [5.41, 5.74) is 13.4. The predicted octanol–water partition coefficient (Wildman–Crippen LogP) is 15.0. The van der Waals surface area contributed by atoms with E-state index in [-0.39, 0.29) is 5.41 Å². The van der Waals surface area contributed by atoms with Crippen LogP contribution in [0.4, 0.5) is 0 Å². The Kier molecular flexibility index (Phi) is 8.29. The van der Waals surface area contributed by atoms with Gasteiger partial charge in [-0.25, -0.2) is 15.0 Å². The van der Waals surface area contributed by atoms with Crippen LogP contribution in [0.3, 0.4) is 0 Å². The van der Waals surface area contributed by atoms with E-state index in [1.54, 1.807) is 0 Å². The van der Waals surface area contributed by atoms with Crippen LogP contribution in [0.1, 0.15) is 23.6 Å². The molecule has 11 aromatic rings. The lowest BCUT2D eigenvalue weighted by Gasteiger charge is -2.28. The van der Waals surface area contributed by atoms with E-state index in [9.17, 15) is 0 Å². The fourth-order valence-corrected chi connectivity index (χ4v) is 9.86. The number of hydrogen-bond acceptors (Lipinski definition) is 3. The third kappa shape index (κ3) is 5.78. The molecule has 0 amide bonds. The van der Waals surface area contributed by atoms with Crippen molar-refractivity contribution in [2.45, 2.75) is 12.3 Å². The Morgan fingerprint density at radius 1 is 0.306 bits per heavy atom. The summed E-state index contributed by atoms with van der Waals surface area (Å²) in [6.45, 7) is 2.35. The average Bonchev–Trinajstić information content (AvgIpc) is 3.61. The molecule has 0 fully saturated rings. The minimum atomic E-state index is -0.347. The third-order valence-corrected chi connectivity index (χ3v) is 13.0. The van der Waals surface area contributed by atoms with Crippen molar-refractivity contribution in [3.8, 4) is 67.5 Å². The molecule has 3 nitrogen and oxygen atoms in total. The molecule has 0 N–H and O–H groups in total. The molecule has 62 heavy (non-hydrogen) atoms. The largest absolute Gasteiger partial charge is 0.208 e. The Hall–Kier alpha value is -8.01. The van der Waals surface area contributed by atoms with Crippen molar-refractivity contribution in [3.63, 3.8) is 0 Å². The van der Waals surface area contributed by atoms with Gasteiger partial charge in [-0.15, -0.1) is 0 Å². The highest BCUT2D eigenvalue weighted by molar-refractivity contribution is 6.20. The molecule has 0 spiro atoms. The fraction of sp³-hybridized carbons (Fsp3) is 0.0339. The number of rotatable bonds is 6. The fourth-order valence-electron chi connectivity index (χ4n) is 9.86. The molecule has 1 aromatic heterocycles. The zero-order chi connectivity index (χ0) is 41.2. The number of nitrogens with zero attached hydrogens (tertiary/aromatic N) is 3. The first-order valence-corrected chi connectivity index (χ1v) is 21.3.